The fraction of sp³-hybridized carbons (Fsp3) is 0.0833. The van der Waals surface area contributed by atoms with Gasteiger partial charge in [0.2, 0.25) is 0 Å². The van der Waals surface area contributed by atoms with Crippen molar-refractivity contribution in [3.8, 4) is 11.3 Å². The van der Waals surface area contributed by atoms with E-state index < -0.39 is 0 Å². The molecule has 1 aromatic heterocycles. The Labute approximate surface area is 103 Å². The molecule has 2 rings (SSSR count). The van der Waals surface area contributed by atoms with Crippen molar-refractivity contribution in [3.63, 3.8) is 0 Å². The first-order valence-electron chi connectivity index (χ1n) is 4.72. The zero-order valence-electron chi connectivity index (χ0n) is 8.32. The second-order valence-electron chi connectivity index (χ2n) is 3.34. The van der Waals surface area contributed by atoms with Gasteiger partial charge in [-0.15, -0.1) is 0 Å². The number of nitrogens with zero attached hydrogens (tertiary/aromatic N) is 1. The summed E-state index contributed by atoms with van der Waals surface area (Å²) in [5, 5.41) is 10.0. The summed E-state index contributed by atoms with van der Waals surface area (Å²) in [4.78, 5) is 4.22. The Morgan fingerprint density at radius 2 is 1.88 bits per heavy atom. The number of hydrogen-bond donors (Lipinski definition) is 1. The molecule has 1 heterocycles. The molecule has 0 unspecified atom stereocenters. The highest BCUT2D eigenvalue weighted by atomic mass is 35.5. The number of pyridine rings is 1. The van der Waals surface area contributed by atoms with Crippen molar-refractivity contribution in [1.82, 2.24) is 4.98 Å². The first-order valence-corrected chi connectivity index (χ1v) is 5.47. The van der Waals surface area contributed by atoms with Gasteiger partial charge >= 0.3 is 0 Å². The third kappa shape index (κ3) is 2.35. The Kier molecular flexibility index (Phi) is 3.44. The van der Waals surface area contributed by atoms with E-state index in [-0.39, 0.29) is 6.61 Å². The number of hydrogen-bond acceptors (Lipinski definition) is 2. The van der Waals surface area contributed by atoms with Gasteiger partial charge in [-0.05, 0) is 29.8 Å². The average Bonchev–Trinajstić information content (AvgIpc) is 2.33. The molecule has 0 bridgehead atoms. The number of aromatic nitrogens is 1. The van der Waals surface area contributed by atoms with E-state index in [2.05, 4.69) is 4.98 Å². The van der Waals surface area contributed by atoms with Gasteiger partial charge < -0.3 is 5.11 Å². The summed E-state index contributed by atoms with van der Waals surface area (Å²) in [6.07, 6.45) is 1.66. The van der Waals surface area contributed by atoms with Gasteiger partial charge in [0.05, 0.1) is 22.3 Å². The van der Waals surface area contributed by atoms with E-state index in [1.807, 2.05) is 12.1 Å². The summed E-state index contributed by atoms with van der Waals surface area (Å²) < 4.78 is 0. The number of aliphatic hydroxyl groups is 1. The van der Waals surface area contributed by atoms with E-state index in [4.69, 9.17) is 28.3 Å². The largest absolute Gasteiger partial charge is 0.392 e. The van der Waals surface area contributed by atoms with Crippen molar-refractivity contribution in [2.24, 2.45) is 0 Å². The Bertz CT molecular complexity index is 514. The van der Waals surface area contributed by atoms with Crippen LogP contribution in [0.2, 0.25) is 10.0 Å². The zero-order valence-corrected chi connectivity index (χ0v) is 9.83. The van der Waals surface area contributed by atoms with E-state index in [9.17, 15) is 0 Å². The molecule has 0 aliphatic carbocycles. The molecule has 0 atom stereocenters. The molecule has 82 valence electrons. The molecular weight excluding hydrogens is 245 g/mol. The lowest BCUT2D eigenvalue weighted by Gasteiger charge is -2.04. The maximum atomic E-state index is 9.03. The van der Waals surface area contributed by atoms with Crippen LogP contribution >= 0.6 is 23.2 Å². The van der Waals surface area contributed by atoms with Crippen molar-refractivity contribution < 1.29 is 5.11 Å². The first-order chi connectivity index (χ1) is 7.70. The van der Waals surface area contributed by atoms with Gasteiger partial charge in [0.25, 0.3) is 0 Å². The Hall–Kier alpha value is -1.09. The minimum absolute atomic E-state index is 0.00313. The fourth-order valence-electron chi connectivity index (χ4n) is 1.39. The summed E-state index contributed by atoms with van der Waals surface area (Å²) >= 11 is 11.8. The molecule has 0 fully saturated rings. The first kappa shape index (κ1) is 11.4. The Morgan fingerprint density at radius 3 is 2.56 bits per heavy atom. The standard InChI is InChI=1S/C12H9Cl2NO/c13-10-2-1-9(6-11(10)14)12-5-8(7-16)3-4-15-12/h1-6,16H,7H2. The maximum Gasteiger partial charge on any atom is 0.0706 e. The summed E-state index contributed by atoms with van der Waals surface area (Å²) in [6, 6.07) is 8.91. The van der Waals surface area contributed by atoms with Gasteiger partial charge in [-0.1, -0.05) is 29.3 Å². The van der Waals surface area contributed by atoms with Gasteiger partial charge in [0, 0.05) is 11.8 Å². The van der Waals surface area contributed by atoms with Crippen LogP contribution in [-0.2, 0) is 6.61 Å². The molecule has 0 aliphatic heterocycles. The van der Waals surface area contributed by atoms with Crippen molar-refractivity contribution in [3.05, 3.63) is 52.1 Å². The fourth-order valence-corrected chi connectivity index (χ4v) is 1.68. The highest BCUT2D eigenvalue weighted by molar-refractivity contribution is 6.42. The van der Waals surface area contributed by atoms with Crippen LogP contribution in [0, 0.1) is 0 Å². The topological polar surface area (TPSA) is 33.1 Å². The Morgan fingerprint density at radius 1 is 1.06 bits per heavy atom. The lowest BCUT2D eigenvalue weighted by atomic mass is 10.1. The van der Waals surface area contributed by atoms with E-state index in [0.717, 1.165) is 16.8 Å². The van der Waals surface area contributed by atoms with Crippen molar-refractivity contribution in [2.75, 3.05) is 0 Å². The quantitative estimate of drug-likeness (QED) is 0.888. The molecule has 0 spiro atoms. The predicted octanol–water partition coefficient (Wildman–Crippen LogP) is 3.55. The van der Waals surface area contributed by atoms with E-state index >= 15 is 0 Å². The Balaban J connectivity index is 2.46. The van der Waals surface area contributed by atoms with Crippen LogP contribution < -0.4 is 0 Å². The molecular formula is C12H9Cl2NO. The van der Waals surface area contributed by atoms with Gasteiger partial charge in [0.1, 0.15) is 0 Å². The molecule has 1 N–H and O–H groups in total. The van der Waals surface area contributed by atoms with Crippen LogP contribution in [0.15, 0.2) is 36.5 Å². The van der Waals surface area contributed by atoms with Crippen LogP contribution in [0.3, 0.4) is 0 Å². The van der Waals surface area contributed by atoms with Crippen LogP contribution in [0.5, 0.6) is 0 Å². The second-order valence-corrected chi connectivity index (χ2v) is 4.15. The molecule has 0 saturated heterocycles. The van der Waals surface area contributed by atoms with Crippen molar-refractivity contribution >= 4 is 23.2 Å². The minimum Gasteiger partial charge on any atom is -0.392 e. The average molecular weight is 254 g/mol. The summed E-state index contributed by atoms with van der Waals surface area (Å²) in [7, 11) is 0. The van der Waals surface area contributed by atoms with Gasteiger partial charge in [0.15, 0.2) is 0 Å². The van der Waals surface area contributed by atoms with E-state index in [1.165, 1.54) is 0 Å². The van der Waals surface area contributed by atoms with Crippen LogP contribution in [0.4, 0.5) is 0 Å². The van der Waals surface area contributed by atoms with Gasteiger partial charge in [-0.3, -0.25) is 4.98 Å². The molecule has 4 heteroatoms. The number of benzene rings is 1. The van der Waals surface area contributed by atoms with Crippen molar-refractivity contribution in [1.29, 1.82) is 0 Å². The number of halogens is 2. The van der Waals surface area contributed by atoms with Gasteiger partial charge in [-0.2, -0.15) is 0 Å². The highest BCUT2D eigenvalue weighted by Gasteiger charge is 2.03. The molecule has 0 saturated carbocycles. The minimum atomic E-state index is -0.00313. The third-order valence-corrected chi connectivity index (χ3v) is 2.96. The van der Waals surface area contributed by atoms with Gasteiger partial charge in [-0.25, -0.2) is 0 Å². The summed E-state index contributed by atoms with van der Waals surface area (Å²) in [5.74, 6) is 0. The monoisotopic (exact) mass is 253 g/mol. The number of rotatable bonds is 2. The molecule has 0 radical (unpaired) electrons. The zero-order chi connectivity index (χ0) is 11.5. The van der Waals surface area contributed by atoms with Crippen LogP contribution in [-0.4, -0.2) is 10.1 Å². The lowest BCUT2D eigenvalue weighted by Crippen LogP contribution is -1.88. The molecule has 2 aromatic rings. The summed E-state index contributed by atoms with van der Waals surface area (Å²) in [6.45, 7) is -0.00313. The molecule has 16 heavy (non-hydrogen) atoms. The van der Waals surface area contributed by atoms with E-state index in [0.29, 0.717) is 10.0 Å². The van der Waals surface area contributed by atoms with Crippen LogP contribution in [0.25, 0.3) is 11.3 Å². The third-order valence-electron chi connectivity index (χ3n) is 2.22. The lowest BCUT2D eigenvalue weighted by molar-refractivity contribution is 0.282. The summed E-state index contributed by atoms with van der Waals surface area (Å²) in [5.41, 5.74) is 2.46. The maximum absolute atomic E-state index is 9.03. The molecule has 0 aliphatic rings. The van der Waals surface area contributed by atoms with Crippen molar-refractivity contribution in [2.45, 2.75) is 6.61 Å². The highest BCUT2D eigenvalue weighted by Crippen LogP contribution is 2.27. The second kappa shape index (κ2) is 4.83. The normalized spacial score (nSPS) is 10.4. The predicted molar refractivity (Wildman–Crippen MR) is 65.6 cm³/mol. The number of aliphatic hydroxyl groups excluding tert-OH is 1. The van der Waals surface area contributed by atoms with E-state index in [1.54, 1.807) is 24.4 Å². The SMILES string of the molecule is OCc1ccnc(-c2ccc(Cl)c(Cl)c2)c1. The molecule has 1 aromatic carbocycles. The van der Waals surface area contributed by atoms with Crippen LogP contribution in [0.1, 0.15) is 5.56 Å². The molecule has 2 nitrogen and oxygen atoms in total. The molecule has 0 amide bonds. The smallest absolute Gasteiger partial charge is 0.0706 e.